The monoisotopic (exact) mass is 229 g/mol. The summed E-state index contributed by atoms with van der Waals surface area (Å²) in [5, 5.41) is 7.90. The molecule has 0 atom stereocenters. The van der Waals surface area contributed by atoms with Gasteiger partial charge in [0.1, 0.15) is 5.69 Å². The van der Waals surface area contributed by atoms with E-state index in [4.69, 9.17) is 4.74 Å². The second-order valence-corrected chi connectivity index (χ2v) is 3.74. The maximum Gasteiger partial charge on any atom is 0.356 e. The van der Waals surface area contributed by atoms with Gasteiger partial charge in [0.05, 0.1) is 17.6 Å². The standard InChI is InChI=1S/C12H11N3O2/c1-2-17-12(16)11-5-7-8-6-13-15-10(8)4-3-9(7)14-11/h3-6,13,15H,2H2,1H3. The van der Waals surface area contributed by atoms with Crippen LogP contribution in [-0.2, 0) is 4.74 Å². The van der Waals surface area contributed by atoms with Crippen LogP contribution >= 0.6 is 0 Å². The van der Waals surface area contributed by atoms with Crippen molar-refractivity contribution in [3.8, 4) is 0 Å². The smallest absolute Gasteiger partial charge is 0.356 e. The van der Waals surface area contributed by atoms with Crippen LogP contribution in [0.5, 0.6) is 0 Å². The molecule has 0 amide bonds. The summed E-state index contributed by atoms with van der Waals surface area (Å²) < 4.78 is 4.93. The predicted octanol–water partition coefficient (Wildman–Crippen LogP) is 2.22. The quantitative estimate of drug-likeness (QED) is 0.662. The maximum absolute atomic E-state index is 11.6. The van der Waals surface area contributed by atoms with Crippen LogP contribution in [-0.4, -0.2) is 27.8 Å². The number of aromatic nitrogens is 3. The summed E-state index contributed by atoms with van der Waals surface area (Å²) in [5.41, 5.74) is 2.14. The molecular formula is C12H11N3O2. The second kappa shape index (κ2) is 3.62. The molecule has 0 aliphatic rings. The van der Waals surface area contributed by atoms with Crippen molar-refractivity contribution < 1.29 is 9.53 Å². The molecule has 5 nitrogen and oxygen atoms in total. The molecule has 0 spiro atoms. The third-order valence-electron chi connectivity index (χ3n) is 2.69. The molecule has 1 aromatic carbocycles. The van der Waals surface area contributed by atoms with E-state index in [1.165, 1.54) is 0 Å². The molecule has 0 aliphatic carbocycles. The summed E-state index contributed by atoms with van der Waals surface area (Å²) >= 11 is 0. The molecule has 86 valence electrons. The molecule has 0 unspecified atom stereocenters. The molecule has 17 heavy (non-hydrogen) atoms. The minimum Gasteiger partial charge on any atom is -0.461 e. The topological polar surface area (TPSA) is 70.8 Å². The number of benzene rings is 1. The van der Waals surface area contributed by atoms with E-state index in [2.05, 4.69) is 15.2 Å². The number of ether oxygens (including phenoxy) is 1. The Hall–Kier alpha value is -2.30. The van der Waals surface area contributed by atoms with Crippen LogP contribution in [0.3, 0.4) is 0 Å². The van der Waals surface area contributed by atoms with Gasteiger partial charge >= 0.3 is 5.97 Å². The first-order chi connectivity index (χ1) is 8.29. The molecule has 0 fully saturated rings. The van der Waals surface area contributed by atoms with E-state index in [1.54, 1.807) is 13.0 Å². The highest BCUT2D eigenvalue weighted by Crippen LogP contribution is 2.24. The lowest BCUT2D eigenvalue weighted by Crippen LogP contribution is -2.04. The van der Waals surface area contributed by atoms with Crippen LogP contribution < -0.4 is 0 Å². The van der Waals surface area contributed by atoms with Crippen molar-refractivity contribution in [2.75, 3.05) is 6.61 Å². The van der Waals surface area contributed by atoms with Gasteiger partial charge in [0.2, 0.25) is 0 Å². The number of H-pyrrole nitrogens is 2. The summed E-state index contributed by atoms with van der Waals surface area (Å²) in [5.74, 6) is -0.378. The minimum atomic E-state index is -0.378. The summed E-state index contributed by atoms with van der Waals surface area (Å²) in [6.07, 6.45) is 1.86. The van der Waals surface area contributed by atoms with Gasteiger partial charge < -0.3 is 14.9 Å². The molecular weight excluding hydrogens is 218 g/mol. The number of nitrogens with zero attached hydrogens (tertiary/aromatic N) is 1. The van der Waals surface area contributed by atoms with Gasteiger partial charge in [-0.15, -0.1) is 0 Å². The zero-order valence-corrected chi connectivity index (χ0v) is 9.28. The highest BCUT2D eigenvalue weighted by molar-refractivity contribution is 6.07. The maximum atomic E-state index is 11.6. The number of rotatable bonds is 2. The molecule has 0 radical (unpaired) electrons. The fourth-order valence-electron chi connectivity index (χ4n) is 1.93. The zero-order valence-electron chi connectivity index (χ0n) is 9.28. The average molecular weight is 229 g/mol. The van der Waals surface area contributed by atoms with Crippen molar-refractivity contribution in [2.45, 2.75) is 6.92 Å². The Balaban J connectivity index is 2.20. The SMILES string of the molecule is CCOC(=O)c1cc2c(ccc3[nH][nH]cc32)n1. The first kappa shape index (κ1) is 9.89. The summed E-state index contributed by atoms with van der Waals surface area (Å²) in [4.78, 5) is 15.8. The summed E-state index contributed by atoms with van der Waals surface area (Å²) in [6, 6.07) is 5.57. The molecule has 2 heterocycles. The molecule has 3 rings (SSSR count). The molecule has 5 heteroatoms. The lowest BCUT2D eigenvalue weighted by molar-refractivity contribution is 0.0520. The minimum absolute atomic E-state index is 0.357. The van der Waals surface area contributed by atoms with Gasteiger partial charge in [-0.1, -0.05) is 0 Å². The summed E-state index contributed by atoms with van der Waals surface area (Å²) in [7, 11) is 0. The van der Waals surface area contributed by atoms with Crippen LogP contribution in [0.25, 0.3) is 21.8 Å². The second-order valence-electron chi connectivity index (χ2n) is 3.74. The zero-order chi connectivity index (χ0) is 11.8. The van der Waals surface area contributed by atoms with E-state index in [-0.39, 0.29) is 5.97 Å². The van der Waals surface area contributed by atoms with Gasteiger partial charge in [0, 0.05) is 17.0 Å². The van der Waals surface area contributed by atoms with Crippen molar-refractivity contribution >= 4 is 27.8 Å². The number of esters is 1. The highest BCUT2D eigenvalue weighted by Gasteiger charge is 2.13. The van der Waals surface area contributed by atoms with Crippen molar-refractivity contribution in [1.82, 2.24) is 15.2 Å². The number of carbonyl (C=O) groups excluding carboxylic acids is 1. The number of aromatic amines is 2. The van der Waals surface area contributed by atoms with E-state index < -0.39 is 0 Å². The van der Waals surface area contributed by atoms with Gasteiger partial charge in [0.25, 0.3) is 0 Å². The molecule has 2 N–H and O–H groups in total. The molecule has 0 aliphatic heterocycles. The van der Waals surface area contributed by atoms with Crippen LogP contribution in [0.1, 0.15) is 17.4 Å². The Morgan fingerprint density at radius 2 is 2.29 bits per heavy atom. The third-order valence-corrected chi connectivity index (χ3v) is 2.69. The van der Waals surface area contributed by atoms with Crippen molar-refractivity contribution in [3.63, 3.8) is 0 Å². The van der Waals surface area contributed by atoms with E-state index in [1.807, 2.05) is 18.3 Å². The van der Waals surface area contributed by atoms with Crippen molar-refractivity contribution in [1.29, 1.82) is 0 Å². The average Bonchev–Trinajstić information content (AvgIpc) is 2.94. The molecule has 3 aromatic rings. The van der Waals surface area contributed by atoms with E-state index in [0.29, 0.717) is 12.3 Å². The predicted molar refractivity (Wildman–Crippen MR) is 63.9 cm³/mol. The van der Waals surface area contributed by atoms with Crippen LogP contribution in [0.2, 0.25) is 0 Å². The number of hydrogen-bond acceptors (Lipinski definition) is 3. The van der Waals surface area contributed by atoms with Gasteiger partial charge in [-0.3, -0.25) is 0 Å². The van der Waals surface area contributed by atoms with E-state index >= 15 is 0 Å². The van der Waals surface area contributed by atoms with Gasteiger partial charge in [-0.2, -0.15) is 0 Å². The highest BCUT2D eigenvalue weighted by atomic mass is 16.5. The van der Waals surface area contributed by atoms with Crippen molar-refractivity contribution in [2.24, 2.45) is 0 Å². The van der Waals surface area contributed by atoms with Gasteiger partial charge in [-0.05, 0) is 25.1 Å². The lowest BCUT2D eigenvalue weighted by Gasteiger charge is -1.95. The number of carbonyl (C=O) groups is 1. The van der Waals surface area contributed by atoms with Gasteiger partial charge in [-0.25, -0.2) is 9.78 Å². The summed E-state index contributed by atoms with van der Waals surface area (Å²) in [6.45, 7) is 2.13. The van der Waals surface area contributed by atoms with E-state index in [0.717, 1.165) is 21.8 Å². The first-order valence-electron chi connectivity index (χ1n) is 5.42. The van der Waals surface area contributed by atoms with Crippen LogP contribution in [0.4, 0.5) is 0 Å². The number of nitrogens with one attached hydrogen (secondary N) is 2. The normalized spacial score (nSPS) is 11.1. The Labute approximate surface area is 96.8 Å². The molecule has 0 bridgehead atoms. The fraction of sp³-hybridized carbons (Fsp3) is 0.167. The lowest BCUT2D eigenvalue weighted by atomic mass is 10.2. The number of hydrogen-bond donors (Lipinski definition) is 2. The van der Waals surface area contributed by atoms with Crippen LogP contribution in [0.15, 0.2) is 24.4 Å². The van der Waals surface area contributed by atoms with Crippen LogP contribution in [0, 0.1) is 0 Å². The third kappa shape index (κ3) is 1.47. The number of fused-ring (bicyclic) bond motifs is 3. The van der Waals surface area contributed by atoms with Gasteiger partial charge in [0.15, 0.2) is 0 Å². The first-order valence-corrected chi connectivity index (χ1v) is 5.42. The molecule has 2 aromatic heterocycles. The van der Waals surface area contributed by atoms with E-state index in [9.17, 15) is 4.79 Å². The molecule has 0 saturated carbocycles. The fourth-order valence-corrected chi connectivity index (χ4v) is 1.93. The Morgan fingerprint density at radius 1 is 1.41 bits per heavy atom. The Bertz CT molecular complexity index is 696. The Kier molecular flexibility index (Phi) is 2.11. The molecule has 0 saturated heterocycles. The largest absolute Gasteiger partial charge is 0.461 e. The van der Waals surface area contributed by atoms with Crippen molar-refractivity contribution in [3.05, 3.63) is 30.1 Å². The Morgan fingerprint density at radius 3 is 3.12 bits per heavy atom.